The monoisotopic (exact) mass is 247 g/mol. The number of hydrogen-bond acceptors (Lipinski definition) is 2. The number of carboxylic acids is 1. The molecule has 1 rings (SSSR count). The van der Waals surface area contributed by atoms with E-state index in [2.05, 4.69) is 0 Å². The van der Waals surface area contributed by atoms with Gasteiger partial charge in [-0.2, -0.15) is 0 Å². The lowest BCUT2D eigenvalue weighted by atomic mass is 10.00. The number of hydrogen-bond donors (Lipinski definition) is 2. The third-order valence-electron chi connectivity index (χ3n) is 2.10. The van der Waals surface area contributed by atoms with Gasteiger partial charge in [-0.25, -0.2) is 0 Å². The first kappa shape index (κ1) is 12.3. The summed E-state index contributed by atoms with van der Waals surface area (Å²) >= 11 is 11.6. The molecule has 0 aliphatic rings. The predicted molar refractivity (Wildman–Crippen MR) is 60.3 cm³/mol. The van der Waals surface area contributed by atoms with Gasteiger partial charge in [-0.05, 0) is 24.1 Å². The highest BCUT2D eigenvalue weighted by atomic mass is 35.5. The Kier molecular flexibility index (Phi) is 4.39. The van der Waals surface area contributed by atoms with E-state index in [1.165, 1.54) is 0 Å². The lowest BCUT2D eigenvalue weighted by Gasteiger charge is -2.09. The first-order chi connectivity index (χ1) is 7.04. The zero-order valence-corrected chi connectivity index (χ0v) is 9.42. The van der Waals surface area contributed by atoms with Crippen LogP contribution in [0.5, 0.6) is 0 Å². The molecule has 0 aliphatic heterocycles. The number of carboxylic acid groups (broad SMARTS) is 1. The molecule has 0 bridgehead atoms. The number of rotatable bonds is 4. The largest absolute Gasteiger partial charge is 0.481 e. The van der Waals surface area contributed by atoms with E-state index < -0.39 is 11.9 Å². The Balaban J connectivity index is 2.80. The number of carbonyl (C=O) groups is 1. The summed E-state index contributed by atoms with van der Waals surface area (Å²) < 4.78 is 0. The summed E-state index contributed by atoms with van der Waals surface area (Å²) in [5.74, 6) is -1.48. The topological polar surface area (TPSA) is 63.3 Å². The minimum atomic E-state index is -0.899. The second-order valence-corrected chi connectivity index (χ2v) is 4.04. The molecule has 0 aliphatic carbocycles. The molecule has 3 N–H and O–H groups in total. The summed E-state index contributed by atoms with van der Waals surface area (Å²) in [7, 11) is 0. The van der Waals surface area contributed by atoms with Gasteiger partial charge in [-0.15, -0.1) is 0 Å². The number of benzene rings is 1. The Labute approximate surface area is 97.8 Å². The van der Waals surface area contributed by atoms with Crippen LogP contribution in [-0.2, 0) is 11.2 Å². The summed E-state index contributed by atoms with van der Waals surface area (Å²) in [6, 6.07) is 5.06. The molecule has 0 heterocycles. The van der Waals surface area contributed by atoms with Crippen LogP contribution in [0, 0.1) is 5.92 Å². The highest BCUT2D eigenvalue weighted by molar-refractivity contribution is 6.42. The van der Waals surface area contributed by atoms with Crippen LogP contribution in [0.2, 0.25) is 10.0 Å². The van der Waals surface area contributed by atoms with E-state index in [-0.39, 0.29) is 6.54 Å². The fraction of sp³-hybridized carbons (Fsp3) is 0.300. The van der Waals surface area contributed by atoms with E-state index in [9.17, 15) is 4.79 Å². The van der Waals surface area contributed by atoms with Crippen molar-refractivity contribution in [3.63, 3.8) is 0 Å². The molecule has 0 spiro atoms. The summed E-state index contributed by atoms with van der Waals surface area (Å²) in [5, 5.41) is 9.70. The molecule has 1 aromatic carbocycles. The normalized spacial score (nSPS) is 12.5. The molecule has 0 radical (unpaired) electrons. The maximum atomic E-state index is 10.7. The Morgan fingerprint density at radius 2 is 2.07 bits per heavy atom. The summed E-state index contributed by atoms with van der Waals surface area (Å²) in [4.78, 5) is 10.7. The van der Waals surface area contributed by atoms with Crippen molar-refractivity contribution in [3.05, 3.63) is 33.8 Å². The van der Waals surface area contributed by atoms with Crippen LogP contribution in [0.15, 0.2) is 18.2 Å². The third kappa shape index (κ3) is 3.38. The van der Waals surface area contributed by atoms with Crippen molar-refractivity contribution in [2.24, 2.45) is 11.7 Å². The van der Waals surface area contributed by atoms with Crippen molar-refractivity contribution in [3.8, 4) is 0 Å². The first-order valence-corrected chi connectivity index (χ1v) is 5.17. The van der Waals surface area contributed by atoms with Gasteiger partial charge in [0.25, 0.3) is 0 Å². The minimum absolute atomic E-state index is 0.107. The van der Waals surface area contributed by atoms with Crippen molar-refractivity contribution >= 4 is 29.2 Å². The van der Waals surface area contributed by atoms with Crippen LogP contribution in [0.1, 0.15) is 5.56 Å². The molecule has 0 fully saturated rings. The van der Waals surface area contributed by atoms with Gasteiger partial charge in [0, 0.05) is 6.54 Å². The molecule has 0 amide bonds. The SMILES string of the molecule is NCC(Cc1ccc(Cl)c(Cl)c1)C(=O)O. The molecule has 0 saturated carbocycles. The third-order valence-corrected chi connectivity index (χ3v) is 2.84. The maximum absolute atomic E-state index is 10.7. The maximum Gasteiger partial charge on any atom is 0.308 e. The van der Waals surface area contributed by atoms with E-state index in [0.29, 0.717) is 16.5 Å². The average molecular weight is 248 g/mol. The molecule has 1 aromatic rings. The van der Waals surface area contributed by atoms with E-state index in [4.69, 9.17) is 34.0 Å². The molecule has 3 nitrogen and oxygen atoms in total. The van der Waals surface area contributed by atoms with E-state index in [1.807, 2.05) is 0 Å². The molecule has 0 saturated heterocycles. The van der Waals surface area contributed by atoms with Crippen LogP contribution >= 0.6 is 23.2 Å². The van der Waals surface area contributed by atoms with Crippen molar-refractivity contribution in [2.75, 3.05) is 6.54 Å². The molecular formula is C10H11Cl2NO2. The van der Waals surface area contributed by atoms with Crippen molar-refractivity contribution in [1.82, 2.24) is 0 Å². The van der Waals surface area contributed by atoms with Crippen LogP contribution < -0.4 is 5.73 Å². The minimum Gasteiger partial charge on any atom is -0.481 e. The molecule has 1 atom stereocenters. The van der Waals surface area contributed by atoms with Crippen LogP contribution in [0.3, 0.4) is 0 Å². The second-order valence-electron chi connectivity index (χ2n) is 3.22. The molecule has 15 heavy (non-hydrogen) atoms. The Morgan fingerprint density at radius 1 is 1.40 bits per heavy atom. The highest BCUT2D eigenvalue weighted by Gasteiger charge is 2.16. The first-order valence-electron chi connectivity index (χ1n) is 4.41. The molecule has 0 aromatic heterocycles. The number of nitrogens with two attached hydrogens (primary N) is 1. The highest BCUT2D eigenvalue weighted by Crippen LogP contribution is 2.23. The van der Waals surface area contributed by atoms with Gasteiger partial charge in [0.15, 0.2) is 0 Å². The van der Waals surface area contributed by atoms with Gasteiger partial charge in [0.2, 0.25) is 0 Å². The van der Waals surface area contributed by atoms with Gasteiger partial charge in [0.05, 0.1) is 16.0 Å². The van der Waals surface area contributed by atoms with Crippen LogP contribution in [0.25, 0.3) is 0 Å². The second kappa shape index (κ2) is 5.35. The lowest BCUT2D eigenvalue weighted by molar-refractivity contribution is -0.141. The standard InChI is InChI=1S/C10H11Cl2NO2/c11-8-2-1-6(4-9(8)12)3-7(5-13)10(14)15/h1-2,4,7H,3,5,13H2,(H,14,15). The van der Waals surface area contributed by atoms with Gasteiger partial charge < -0.3 is 10.8 Å². The van der Waals surface area contributed by atoms with Crippen molar-refractivity contribution in [2.45, 2.75) is 6.42 Å². The molecular weight excluding hydrogens is 237 g/mol. The molecule has 82 valence electrons. The zero-order chi connectivity index (χ0) is 11.4. The molecule has 5 heteroatoms. The van der Waals surface area contributed by atoms with Crippen LogP contribution in [0.4, 0.5) is 0 Å². The van der Waals surface area contributed by atoms with Crippen molar-refractivity contribution in [1.29, 1.82) is 0 Å². The predicted octanol–water partition coefficient (Wildman–Crippen LogP) is 2.20. The van der Waals surface area contributed by atoms with E-state index in [0.717, 1.165) is 5.56 Å². The van der Waals surface area contributed by atoms with Gasteiger partial charge in [-0.3, -0.25) is 4.79 Å². The summed E-state index contributed by atoms with van der Waals surface area (Å²) in [5.41, 5.74) is 6.17. The fourth-order valence-corrected chi connectivity index (χ4v) is 1.54. The number of aliphatic carboxylic acids is 1. The zero-order valence-electron chi connectivity index (χ0n) is 7.91. The van der Waals surface area contributed by atoms with Crippen molar-refractivity contribution < 1.29 is 9.90 Å². The summed E-state index contributed by atoms with van der Waals surface area (Å²) in [6.45, 7) is 0.107. The lowest BCUT2D eigenvalue weighted by Crippen LogP contribution is -2.25. The van der Waals surface area contributed by atoms with Gasteiger partial charge in [-0.1, -0.05) is 29.3 Å². The Hall–Kier alpha value is -0.770. The quantitative estimate of drug-likeness (QED) is 0.858. The fourth-order valence-electron chi connectivity index (χ4n) is 1.22. The molecule has 1 unspecified atom stereocenters. The Morgan fingerprint density at radius 3 is 2.53 bits per heavy atom. The van der Waals surface area contributed by atoms with Crippen LogP contribution in [-0.4, -0.2) is 17.6 Å². The van der Waals surface area contributed by atoms with E-state index >= 15 is 0 Å². The summed E-state index contributed by atoms with van der Waals surface area (Å²) in [6.07, 6.45) is 0.364. The van der Waals surface area contributed by atoms with E-state index in [1.54, 1.807) is 18.2 Å². The van der Waals surface area contributed by atoms with Gasteiger partial charge >= 0.3 is 5.97 Å². The number of halogens is 2. The van der Waals surface area contributed by atoms with Gasteiger partial charge in [0.1, 0.15) is 0 Å². The smallest absolute Gasteiger partial charge is 0.308 e. The Bertz CT molecular complexity index is 368. The average Bonchev–Trinajstić information content (AvgIpc) is 2.19.